The Morgan fingerprint density at radius 3 is 2.29 bits per heavy atom. The van der Waals surface area contributed by atoms with E-state index in [1.165, 1.54) is 12.1 Å². The first kappa shape index (κ1) is 15.8. The van der Waals surface area contributed by atoms with Gasteiger partial charge in [0.1, 0.15) is 5.82 Å². The molecule has 0 radical (unpaired) electrons. The van der Waals surface area contributed by atoms with Crippen LogP contribution in [0.3, 0.4) is 0 Å². The van der Waals surface area contributed by atoms with E-state index in [1.807, 2.05) is 0 Å². The normalized spacial score (nSPS) is 11.4. The van der Waals surface area contributed by atoms with Crippen LogP contribution in [0, 0.1) is 5.82 Å². The standard InChI is InChI=1S/C14H13ClFNO3S/c15-13-6-5-12(7-14(13)16)17-21(19,20)9-11-3-1-10(8-18)2-4-11/h1-7,17-18H,8-9H2. The van der Waals surface area contributed by atoms with Crippen LogP contribution in [-0.4, -0.2) is 13.5 Å². The average molecular weight is 330 g/mol. The van der Waals surface area contributed by atoms with Crippen molar-refractivity contribution in [3.05, 3.63) is 64.4 Å². The number of aliphatic hydroxyl groups is 1. The van der Waals surface area contributed by atoms with Gasteiger partial charge in [0.05, 0.1) is 23.1 Å². The minimum absolute atomic E-state index is 0.0717. The zero-order chi connectivity index (χ0) is 15.5. The van der Waals surface area contributed by atoms with Crippen molar-refractivity contribution in [2.24, 2.45) is 0 Å². The summed E-state index contributed by atoms with van der Waals surface area (Å²) in [6.45, 7) is -0.102. The molecule has 2 N–H and O–H groups in total. The molecule has 0 spiro atoms. The Hall–Kier alpha value is -1.63. The van der Waals surface area contributed by atoms with Crippen molar-refractivity contribution in [1.29, 1.82) is 0 Å². The van der Waals surface area contributed by atoms with Crippen LogP contribution < -0.4 is 4.72 Å². The topological polar surface area (TPSA) is 66.4 Å². The number of sulfonamides is 1. The van der Waals surface area contributed by atoms with Crippen molar-refractivity contribution in [2.45, 2.75) is 12.4 Å². The lowest BCUT2D eigenvalue weighted by Gasteiger charge is -2.09. The molecule has 0 unspecified atom stereocenters. The first-order valence-electron chi connectivity index (χ1n) is 6.04. The van der Waals surface area contributed by atoms with Crippen molar-refractivity contribution in [3.63, 3.8) is 0 Å². The molecule has 2 aromatic carbocycles. The van der Waals surface area contributed by atoms with Gasteiger partial charge in [0.25, 0.3) is 0 Å². The van der Waals surface area contributed by atoms with E-state index in [-0.39, 0.29) is 23.1 Å². The molecular formula is C14H13ClFNO3S. The highest BCUT2D eigenvalue weighted by Gasteiger charge is 2.13. The van der Waals surface area contributed by atoms with Crippen molar-refractivity contribution in [1.82, 2.24) is 0 Å². The monoisotopic (exact) mass is 329 g/mol. The highest BCUT2D eigenvalue weighted by atomic mass is 35.5. The number of aliphatic hydroxyl groups excluding tert-OH is 1. The van der Waals surface area contributed by atoms with Gasteiger partial charge in [0, 0.05) is 0 Å². The molecule has 0 saturated heterocycles. The Kier molecular flexibility index (Phi) is 4.82. The minimum atomic E-state index is -3.66. The molecule has 0 heterocycles. The number of hydrogen-bond acceptors (Lipinski definition) is 3. The van der Waals surface area contributed by atoms with Crippen molar-refractivity contribution < 1.29 is 17.9 Å². The molecule has 2 rings (SSSR count). The van der Waals surface area contributed by atoms with E-state index in [0.29, 0.717) is 11.1 Å². The molecular weight excluding hydrogens is 317 g/mol. The molecule has 21 heavy (non-hydrogen) atoms. The largest absolute Gasteiger partial charge is 0.392 e. The molecule has 112 valence electrons. The van der Waals surface area contributed by atoms with E-state index in [2.05, 4.69) is 4.72 Å². The highest BCUT2D eigenvalue weighted by molar-refractivity contribution is 7.91. The van der Waals surface area contributed by atoms with Crippen LogP contribution in [0.1, 0.15) is 11.1 Å². The van der Waals surface area contributed by atoms with Crippen LogP contribution in [-0.2, 0) is 22.4 Å². The maximum Gasteiger partial charge on any atom is 0.236 e. The molecule has 0 bridgehead atoms. The first-order valence-corrected chi connectivity index (χ1v) is 8.07. The summed E-state index contributed by atoms with van der Waals surface area (Å²) in [5.41, 5.74) is 1.38. The van der Waals surface area contributed by atoms with Crippen molar-refractivity contribution in [3.8, 4) is 0 Å². The fraction of sp³-hybridized carbons (Fsp3) is 0.143. The van der Waals surface area contributed by atoms with Crippen LogP contribution >= 0.6 is 11.6 Å². The Balaban J connectivity index is 2.12. The maximum atomic E-state index is 13.3. The second kappa shape index (κ2) is 6.43. The van der Waals surface area contributed by atoms with E-state index in [9.17, 15) is 12.8 Å². The van der Waals surface area contributed by atoms with Gasteiger partial charge >= 0.3 is 0 Å². The lowest BCUT2D eigenvalue weighted by molar-refractivity contribution is 0.282. The summed E-state index contributed by atoms with van der Waals surface area (Å²) in [5, 5.41) is 8.86. The molecule has 0 aliphatic carbocycles. The van der Waals surface area contributed by atoms with Crippen molar-refractivity contribution in [2.75, 3.05) is 4.72 Å². The van der Waals surface area contributed by atoms with Gasteiger partial charge in [-0.15, -0.1) is 0 Å². The molecule has 4 nitrogen and oxygen atoms in total. The minimum Gasteiger partial charge on any atom is -0.392 e. The third-order valence-electron chi connectivity index (χ3n) is 2.76. The fourth-order valence-corrected chi connectivity index (χ4v) is 3.04. The number of rotatable bonds is 5. The molecule has 0 saturated carbocycles. The van der Waals surface area contributed by atoms with Crippen LogP contribution in [0.25, 0.3) is 0 Å². The van der Waals surface area contributed by atoms with E-state index >= 15 is 0 Å². The van der Waals surface area contributed by atoms with Gasteiger partial charge in [-0.1, -0.05) is 35.9 Å². The number of benzene rings is 2. The summed E-state index contributed by atoms with van der Waals surface area (Å²) in [6, 6.07) is 10.2. The zero-order valence-electron chi connectivity index (χ0n) is 10.9. The van der Waals surface area contributed by atoms with Gasteiger partial charge in [-0.05, 0) is 29.3 Å². The summed E-state index contributed by atoms with van der Waals surface area (Å²) in [5.74, 6) is -0.938. The second-order valence-corrected chi connectivity index (χ2v) is 6.59. The van der Waals surface area contributed by atoms with Gasteiger partial charge in [0.2, 0.25) is 10.0 Å². The van der Waals surface area contributed by atoms with Gasteiger partial charge in [-0.3, -0.25) is 4.72 Å². The molecule has 0 aliphatic rings. The number of nitrogens with one attached hydrogen (secondary N) is 1. The highest BCUT2D eigenvalue weighted by Crippen LogP contribution is 2.20. The first-order chi connectivity index (χ1) is 9.89. The van der Waals surface area contributed by atoms with Crippen LogP contribution in [0.5, 0.6) is 0 Å². The summed E-state index contributed by atoms with van der Waals surface area (Å²) in [4.78, 5) is 0. The molecule has 0 aliphatic heterocycles. The van der Waals surface area contributed by atoms with Crippen LogP contribution in [0.15, 0.2) is 42.5 Å². The fourth-order valence-electron chi connectivity index (χ4n) is 1.74. The van der Waals surface area contributed by atoms with Gasteiger partial charge in [-0.2, -0.15) is 0 Å². The average Bonchev–Trinajstić information content (AvgIpc) is 2.43. The molecule has 0 fully saturated rings. The summed E-state index contributed by atoms with van der Waals surface area (Å²) in [7, 11) is -3.66. The Morgan fingerprint density at radius 1 is 1.10 bits per heavy atom. The van der Waals surface area contributed by atoms with Gasteiger partial charge in [-0.25, -0.2) is 12.8 Å². The van der Waals surface area contributed by atoms with Gasteiger partial charge in [0.15, 0.2) is 0 Å². The smallest absolute Gasteiger partial charge is 0.236 e. The molecule has 0 amide bonds. The van der Waals surface area contributed by atoms with E-state index in [1.54, 1.807) is 24.3 Å². The third-order valence-corrected chi connectivity index (χ3v) is 4.32. The van der Waals surface area contributed by atoms with E-state index in [0.717, 1.165) is 6.07 Å². The van der Waals surface area contributed by atoms with E-state index in [4.69, 9.17) is 16.7 Å². The number of hydrogen-bond donors (Lipinski definition) is 2. The van der Waals surface area contributed by atoms with Crippen molar-refractivity contribution >= 4 is 27.3 Å². The number of anilines is 1. The Labute approximate surface area is 127 Å². The SMILES string of the molecule is O=S(=O)(Cc1ccc(CO)cc1)Nc1ccc(Cl)c(F)c1. The molecule has 0 aromatic heterocycles. The maximum absolute atomic E-state index is 13.3. The quantitative estimate of drug-likeness (QED) is 0.886. The Bertz CT molecular complexity index is 732. The summed E-state index contributed by atoms with van der Waals surface area (Å²) in [6.07, 6.45) is 0. The molecule has 2 aromatic rings. The lowest BCUT2D eigenvalue weighted by atomic mass is 10.2. The molecule has 0 atom stereocenters. The predicted molar refractivity (Wildman–Crippen MR) is 80.0 cm³/mol. The summed E-state index contributed by atoms with van der Waals surface area (Å²) < 4.78 is 39.6. The van der Waals surface area contributed by atoms with Crippen LogP contribution in [0.2, 0.25) is 5.02 Å². The second-order valence-electron chi connectivity index (χ2n) is 4.46. The molecule has 7 heteroatoms. The van der Waals surface area contributed by atoms with Crippen LogP contribution in [0.4, 0.5) is 10.1 Å². The zero-order valence-corrected chi connectivity index (χ0v) is 12.5. The lowest BCUT2D eigenvalue weighted by Crippen LogP contribution is -2.15. The Morgan fingerprint density at radius 2 is 1.71 bits per heavy atom. The van der Waals surface area contributed by atoms with E-state index < -0.39 is 15.8 Å². The summed E-state index contributed by atoms with van der Waals surface area (Å²) >= 11 is 5.54. The van der Waals surface area contributed by atoms with Gasteiger partial charge < -0.3 is 5.11 Å². The third kappa shape index (κ3) is 4.42. The number of halogens is 2. The predicted octanol–water partition coefficient (Wildman–Crippen LogP) is 2.91.